The van der Waals surface area contributed by atoms with Gasteiger partial charge in [0.1, 0.15) is 5.75 Å². The highest BCUT2D eigenvalue weighted by Crippen LogP contribution is 2.20. The van der Waals surface area contributed by atoms with Crippen LogP contribution < -0.4 is 10.5 Å². The quantitative estimate of drug-likeness (QED) is 0.873. The molecule has 2 nitrogen and oxygen atoms in total. The predicted molar refractivity (Wildman–Crippen MR) is 74.2 cm³/mol. The number of benzene rings is 2. The normalized spacial score (nSPS) is 10.2. The Morgan fingerprint density at radius 3 is 2.41 bits per heavy atom. The van der Waals surface area contributed by atoms with E-state index in [1.807, 2.05) is 36.4 Å². The Balaban J connectivity index is 1.88. The first kappa shape index (κ1) is 12.0. The second kappa shape index (κ2) is 5.73. The summed E-state index contributed by atoms with van der Waals surface area (Å²) >= 11 is 3.41. The van der Waals surface area contributed by atoms with Crippen molar-refractivity contribution in [3.05, 3.63) is 58.6 Å². The lowest BCUT2D eigenvalue weighted by atomic mass is 10.2. The largest absolute Gasteiger partial charge is 0.491 e. The standard InChI is InChI=1S/C14H14BrNO/c15-12-7-5-11(6-8-12)9-10-17-14-4-2-1-3-13(14)16/h1-8H,9-10,16H2. The molecule has 3 heteroatoms. The van der Waals surface area contributed by atoms with Gasteiger partial charge in [-0.2, -0.15) is 0 Å². The molecule has 0 fully saturated rings. The molecule has 0 saturated carbocycles. The molecule has 0 amide bonds. The minimum Gasteiger partial charge on any atom is -0.491 e. The van der Waals surface area contributed by atoms with E-state index in [0.29, 0.717) is 12.3 Å². The number of nitrogen functional groups attached to an aromatic ring is 1. The summed E-state index contributed by atoms with van der Waals surface area (Å²) in [5.74, 6) is 0.754. The van der Waals surface area contributed by atoms with Gasteiger partial charge in [0.15, 0.2) is 0 Å². The van der Waals surface area contributed by atoms with Crippen LogP contribution in [0.15, 0.2) is 53.0 Å². The maximum Gasteiger partial charge on any atom is 0.142 e. The number of rotatable bonds is 4. The molecule has 0 aromatic heterocycles. The van der Waals surface area contributed by atoms with Gasteiger partial charge in [0.2, 0.25) is 0 Å². The zero-order chi connectivity index (χ0) is 12.1. The number of hydrogen-bond acceptors (Lipinski definition) is 2. The molecule has 0 aliphatic heterocycles. The highest BCUT2D eigenvalue weighted by atomic mass is 79.9. The van der Waals surface area contributed by atoms with Crippen LogP contribution in [0.1, 0.15) is 5.56 Å². The number of para-hydroxylation sites is 2. The molecule has 0 heterocycles. The third-order valence-corrected chi connectivity index (χ3v) is 3.01. The lowest BCUT2D eigenvalue weighted by molar-refractivity contribution is 0.323. The van der Waals surface area contributed by atoms with Gasteiger partial charge >= 0.3 is 0 Å². The summed E-state index contributed by atoms with van der Waals surface area (Å²) in [5.41, 5.74) is 7.72. The summed E-state index contributed by atoms with van der Waals surface area (Å²) in [6.07, 6.45) is 0.877. The van der Waals surface area contributed by atoms with Crippen LogP contribution in [0.25, 0.3) is 0 Å². The van der Waals surface area contributed by atoms with Gasteiger partial charge < -0.3 is 10.5 Å². The van der Waals surface area contributed by atoms with Crippen molar-refractivity contribution in [2.45, 2.75) is 6.42 Å². The maximum atomic E-state index is 5.79. The van der Waals surface area contributed by atoms with Crippen molar-refractivity contribution in [2.75, 3.05) is 12.3 Å². The van der Waals surface area contributed by atoms with Crippen molar-refractivity contribution in [3.63, 3.8) is 0 Å². The van der Waals surface area contributed by atoms with Crippen molar-refractivity contribution in [1.29, 1.82) is 0 Å². The van der Waals surface area contributed by atoms with Gasteiger partial charge in [0.05, 0.1) is 12.3 Å². The number of nitrogens with two attached hydrogens (primary N) is 1. The lowest BCUT2D eigenvalue weighted by Crippen LogP contribution is -2.03. The fraction of sp³-hybridized carbons (Fsp3) is 0.143. The van der Waals surface area contributed by atoms with Gasteiger partial charge in [-0.3, -0.25) is 0 Å². The van der Waals surface area contributed by atoms with E-state index in [1.165, 1.54) is 5.56 Å². The molecule has 2 rings (SSSR count). The van der Waals surface area contributed by atoms with Crippen molar-refractivity contribution in [2.24, 2.45) is 0 Å². The molecule has 2 aromatic carbocycles. The first-order valence-corrected chi connectivity index (χ1v) is 6.27. The van der Waals surface area contributed by atoms with E-state index < -0.39 is 0 Å². The maximum absolute atomic E-state index is 5.79. The Morgan fingerprint density at radius 1 is 1.00 bits per heavy atom. The van der Waals surface area contributed by atoms with Crippen molar-refractivity contribution in [1.82, 2.24) is 0 Å². The number of anilines is 1. The molecule has 0 bridgehead atoms. The van der Waals surface area contributed by atoms with E-state index in [2.05, 4.69) is 28.1 Å². The average molecular weight is 292 g/mol. The van der Waals surface area contributed by atoms with Gasteiger partial charge in [-0.05, 0) is 29.8 Å². The van der Waals surface area contributed by atoms with Crippen LogP contribution in [0.4, 0.5) is 5.69 Å². The summed E-state index contributed by atoms with van der Waals surface area (Å²) in [4.78, 5) is 0. The van der Waals surface area contributed by atoms with Crippen LogP contribution in [0.5, 0.6) is 5.75 Å². The van der Waals surface area contributed by atoms with Gasteiger partial charge in [0, 0.05) is 10.9 Å². The third-order valence-electron chi connectivity index (χ3n) is 2.48. The summed E-state index contributed by atoms with van der Waals surface area (Å²) in [7, 11) is 0. The van der Waals surface area contributed by atoms with E-state index in [-0.39, 0.29) is 0 Å². The third kappa shape index (κ3) is 3.49. The first-order chi connectivity index (χ1) is 8.25. The Labute approximate surface area is 110 Å². The minimum absolute atomic E-state index is 0.635. The second-order valence-corrected chi connectivity index (χ2v) is 4.68. The SMILES string of the molecule is Nc1ccccc1OCCc1ccc(Br)cc1. The van der Waals surface area contributed by atoms with E-state index in [0.717, 1.165) is 16.6 Å². The molecule has 0 atom stereocenters. The molecular formula is C14H14BrNO. The summed E-state index contributed by atoms with van der Waals surface area (Å²) in [6.45, 7) is 0.635. The summed E-state index contributed by atoms with van der Waals surface area (Å²) < 4.78 is 6.73. The summed E-state index contributed by atoms with van der Waals surface area (Å²) in [6, 6.07) is 15.8. The van der Waals surface area contributed by atoms with Crippen LogP contribution in [0.3, 0.4) is 0 Å². The van der Waals surface area contributed by atoms with Crippen molar-refractivity contribution in [3.8, 4) is 5.75 Å². The highest BCUT2D eigenvalue weighted by molar-refractivity contribution is 9.10. The molecule has 0 unspecified atom stereocenters. The molecule has 2 aromatic rings. The lowest BCUT2D eigenvalue weighted by Gasteiger charge is -2.08. The van der Waals surface area contributed by atoms with E-state index in [1.54, 1.807) is 0 Å². The molecule has 17 heavy (non-hydrogen) atoms. The van der Waals surface area contributed by atoms with E-state index in [4.69, 9.17) is 10.5 Å². The van der Waals surface area contributed by atoms with Crippen LogP contribution in [-0.4, -0.2) is 6.61 Å². The summed E-state index contributed by atoms with van der Waals surface area (Å²) in [5, 5.41) is 0. The molecular weight excluding hydrogens is 278 g/mol. The van der Waals surface area contributed by atoms with Gasteiger partial charge in [-0.15, -0.1) is 0 Å². The van der Waals surface area contributed by atoms with Crippen molar-refractivity contribution >= 4 is 21.6 Å². The number of ether oxygens (including phenoxy) is 1. The monoisotopic (exact) mass is 291 g/mol. The van der Waals surface area contributed by atoms with Crippen LogP contribution in [0.2, 0.25) is 0 Å². The molecule has 0 saturated heterocycles. The van der Waals surface area contributed by atoms with Crippen LogP contribution >= 0.6 is 15.9 Å². The zero-order valence-corrected chi connectivity index (χ0v) is 11.0. The smallest absolute Gasteiger partial charge is 0.142 e. The molecule has 0 radical (unpaired) electrons. The highest BCUT2D eigenvalue weighted by Gasteiger charge is 1.99. The predicted octanol–water partition coefficient (Wildman–Crippen LogP) is 3.65. The van der Waals surface area contributed by atoms with E-state index >= 15 is 0 Å². The second-order valence-electron chi connectivity index (χ2n) is 3.76. The Hall–Kier alpha value is -1.48. The van der Waals surface area contributed by atoms with Crippen LogP contribution in [0, 0.1) is 0 Å². The van der Waals surface area contributed by atoms with Crippen molar-refractivity contribution < 1.29 is 4.74 Å². The molecule has 0 aliphatic carbocycles. The van der Waals surface area contributed by atoms with Crippen LogP contribution in [-0.2, 0) is 6.42 Å². The first-order valence-electron chi connectivity index (χ1n) is 5.47. The molecule has 88 valence electrons. The average Bonchev–Trinajstić information content (AvgIpc) is 2.34. The number of hydrogen-bond donors (Lipinski definition) is 1. The number of halogens is 1. The Bertz CT molecular complexity index is 482. The van der Waals surface area contributed by atoms with E-state index in [9.17, 15) is 0 Å². The molecule has 2 N–H and O–H groups in total. The van der Waals surface area contributed by atoms with Gasteiger partial charge in [-0.25, -0.2) is 0 Å². The molecule has 0 aliphatic rings. The van der Waals surface area contributed by atoms with Gasteiger partial charge in [0.25, 0.3) is 0 Å². The Kier molecular flexibility index (Phi) is 4.04. The fourth-order valence-electron chi connectivity index (χ4n) is 1.54. The minimum atomic E-state index is 0.635. The topological polar surface area (TPSA) is 35.2 Å². The Morgan fingerprint density at radius 2 is 1.71 bits per heavy atom. The van der Waals surface area contributed by atoms with Gasteiger partial charge in [-0.1, -0.05) is 40.2 Å². The zero-order valence-electron chi connectivity index (χ0n) is 9.40. The molecule has 0 spiro atoms. The fourth-order valence-corrected chi connectivity index (χ4v) is 1.81.